The first-order chi connectivity index (χ1) is 7.13. The van der Waals surface area contributed by atoms with Gasteiger partial charge in [0.15, 0.2) is 6.10 Å². The SMILES string of the molecule is CCO[C@H](Cc1ccc(N)cc1)C(=O)O. The van der Waals surface area contributed by atoms with Crippen molar-refractivity contribution in [2.45, 2.75) is 19.4 Å². The molecule has 4 heteroatoms. The van der Waals surface area contributed by atoms with E-state index in [0.717, 1.165) is 5.56 Å². The highest BCUT2D eigenvalue weighted by molar-refractivity contribution is 5.72. The number of rotatable bonds is 5. The van der Waals surface area contributed by atoms with Crippen LogP contribution in [0, 0.1) is 0 Å². The van der Waals surface area contributed by atoms with Gasteiger partial charge in [-0.2, -0.15) is 0 Å². The zero-order valence-corrected chi connectivity index (χ0v) is 8.64. The maximum Gasteiger partial charge on any atom is 0.333 e. The molecule has 1 aromatic rings. The molecule has 0 radical (unpaired) electrons. The van der Waals surface area contributed by atoms with Gasteiger partial charge in [0, 0.05) is 18.7 Å². The topological polar surface area (TPSA) is 72.5 Å². The third-order valence-electron chi connectivity index (χ3n) is 2.04. The summed E-state index contributed by atoms with van der Waals surface area (Å²) in [5.74, 6) is -0.936. The molecule has 0 heterocycles. The molecule has 4 nitrogen and oxygen atoms in total. The fourth-order valence-corrected chi connectivity index (χ4v) is 1.29. The number of hydrogen-bond acceptors (Lipinski definition) is 3. The van der Waals surface area contributed by atoms with Gasteiger partial charge in [-0.3, -0.25) is 0 Å². The van der Waals surface area contributed by atoms with Crippen LogP contribution in [0.1, 0.15) is 12.5 Å². The van der Waals surface area contributed by atoms with Crippen LogP contribution in [0.3, 0.4) is 0 Å². The normalized spacial score (nSPS) is 12.3. The Bertz CT molecular complexity index is 321. The smallest absolute Gasteiger partial charge is 0.333 e. The van der Waals surface area contributed by atoms with Crippen LogP contribution in [0.15, 0.2) is 24.3 Å². The molecule has 0 saturated carbocycles. The average molecular weight is 209 g/mol. The molecule has 0 unspecified atom stereocenters. The molecule has 0 amide bonds. The first-order valence-corrected chi connectivity index (χ1v) is 4.82. The van der Waals surface area contributed by atoms with E-state index in [-0.39, 0.29) is 0 Å². The monoisotopic (exact) mass is 209 g/mol. The first kappa shape index (κ1) is 11.5. The van der Waals surface area contributed by atoms with Crippen molar-refractivity contribution in [3.63, 3.8) is 0 Å². The van der Waals surface area contributed by atoms with E-state index in [4.69, 9.17) is 15.6 Å². The predicted octanol–water partition coefficient (Wildman–Crippen LogP) is 1.30. The van der Waals surface area contributed by atoms with E-state index in [1.54, 1.807) is 19.1 Å². The number of carboxylic acid groups (broad SMARTS) is 1. The summed E-state index contributed by atoms with van der Waals surface area (Å²) in [6, 6.07) is 7.12. The van der Waals surface area contributed by atoms with Gasteiger partial charge in [0.25, 0.3) is 0 Å². The van der Waals surface area contributed by atoms with Crippen molar-refractivity contribution in [3.05, 3.63) is 29.8 Å². The van der Waals surface area contributed by atoms with Crippen LogP contribution in [0.25, 0.3) is 0 Å². The van der Waals surface area contributed by atoms with Crippen LogP contribution >= 0.6 is 0 Å². The summed E-state index contributed by atoms with van der Waals surface area (Å²) in [5.41, 5.74) is 7.10. The van der Waals surface area contributed by atoms with Gasteiger partial charge in [-0.15, -0.1) is 0 Å². The van der Waals surface area contributed by atoms with Crippen molar-refractivity contribution in [2.75, 3.05) is 12.3 Å². The number of aliphatic carboxylic acids is 1. The van der Waals surface area contributed by atoms with Crippen LogP contribution in [-0.2, 0) is 16.0 Å². The summed E-state index contributed by atoms with van der Waals surface area (Å²) >= 11 is 0. The molecule has 1 atom stereocenters. The second-order valence-corrected chi connectivity index (χ2v) is 3.23. The number of carboxylic acids is 1. The number of nitrogens with two attached hydrogens (primary N) is 1. The highest BCUT2D eigenvalue weighted by Crippen LogP contribution is 2.09. The third-order valence-corrected chi connectivity index (χ3v) is 2.04. The number of ether oxygens (including phenoxy) is 1. The summed E-state index contributed by atoms with van der Waals surface area (Å²) in [5, 5.41) is 8.87. The van der Waals surface area contributed by atoms with E-state index < -0.39 is 12.1 Å². The lowest BCUT2D eigenvalue weighted by Crippen LogP contribution is -2.26. The van der Waals surface area contributed by atoms with Gasteiger partial charge in [-0.25, -0.2) is 4.79 Å². The molecule has 1 aromatic carbocycles. The van der Waals surface area contributed by atoms with Crippen molar-refractivity contribution in [3.8, 4) is 0 Å². The largest absolute Gasteiger partial charge is 0.479 e. The second-order valence-electron chi connectivity index (χ2n) is 3.23. The maximum absolute atomic E-state index is 10.8. The molecule has 1 rings (SSSR count). The Morgan fingerprint density at radius 2 is 2.07 bits per heavy atom. The molecule has 0 fully saturated rings. The molecule has 0 aromatic heterocycles. The standard InChI is InChI=1S/C11H15NO3/c1-2-15-10(11(13)14)7-8-3-5-9(12)6-4-8/h3-6,10H,2,7,12H2,1H3,(H,13,14)/t10-/m1/s1. The Morgan fingerprint density at radius 1 is 1.47 bits per heavy atom. The molecule has 82 valence electrons. The van der Waals surface area contributed by atoms with Gasteiger partial charge < -0.3 is 15.6 Å². The molecular weight excluding hydrogens is 194 g/mol. The molecule has 15 heavy (non-hydrogen) atoms. The van der Waals surface area contributed by atoms with Gasteiger partial charge in [-0.05, 0) is 24.6 Å². The fourth-order valence-electron chi connectivity index (χ4n) is 1.29. The molecule has 3 N–H and O–H groups in total. The van der Waals surface area contributed by atoms with Crippen molar-refractivity contribution in [2.24, 2.45) is 0 Å². The number of hydrogen-bond donors (Lipinski definition) is 2. The van der Waals surface area contributed by atoms with Crippen LogP contribution in [0.5, 0.6) is 0 Å². The molecule has 0 bridgehead atoms. The van der Waals surface area contributed by atoms with E-state index in [1.165, 1.54) is 0 Å². The van der Waals surface area contributed by atoms with Gasteiger partial charge in [0.05, 0.1) is 0 Å². The summed E-state index contributed by atoms with van der Waals surface area (Å²) in [6.07, 6.45) is -0.415. The van der Waals surface area contributed by atoms with E-state index >= 15 is 0 Å². The Labute approximate surface area is 88.7 Å². The minimum absolute atomic E-state index is 0.365. The fraction of sp³-hybridized carbons (Fsp3) is 0.364. The van der Waals surface area contributed by atoms with Crippen molar-refractivity contribution >= 4 is 11.7 Å². The summed E-state index contributed by atoms with van der Waals surface area (Å²) in [6.45, 7) is 2.17. The van der Waals surface area contributed by atoms with E-state index in [9.17, 15) is 4.79 Å². The summed E-state index contributed by atoms with van der Waals surface area (Å²) < 4.78 is 5.11. The summed E-state index contributed by atoms with van der Waals surface area (Å²) in [4.78, 5) is 10.8. The van der Waals surface area contributed by atoms with Crippen molar-refractivity contribution in [1.29, 1.82) is 0 Å². The lowest BCUT2D eigenvalue weighted by Gasteiger charge is -2.12. The molecule has 0 spiro atoms. The molecule has 0 aliphatic heterocycles. The zero-order chi connectivity index (χ0) is 11.3. The van der Waals surface area contributed by atoms with Gasteiger partial charge in [0.1, 0.15) is 0 Å². The Morgan fingerprint density at radius 3 is 2.53 bits per heavy atom. The number of nitrogen functional groups attached to an aromatic ring is 1. The highest BCUT2D eigenvalue weighted by Gasteiger charge is 2.17. The molecule has 0 saturated heterocycles. The number of carbonyl (C=O) groups is 1. The summed E-state index contributed by atoms with van der Waals surface area (Å²) in [7, 11) is 0. The third kappa shape index (κ3) is 3.59. The van der Waals surface area contributed by atoms with Crippen molar-refractivity contribution < 1.29 is 14.6 Å². The number of anilines is 1. The first-order valence-electron chi connectivity index (χ1n) is 4.82. The average Bonchev–Trinajstić information content (AvgIpc) is 2.20. The van der Waals surface area contributed by atoms with Crippen LogP contribution < -0.4 is 5.73 Å². The minimum Gasteiger partial charge on any atom is -0.479 e. The van der Waals surface area contributed by atoms with E-state index in [2.05, 4.69) is 0 Å². The van der Waals surface area contributed by atoms with Crippen LogP contribution in [0.4, 0.5) is 5.69 Å². The second kappa shape index (κ2) is 5.36. The van der Waals surface area contributed by atoms with E-state index in [1.807, 2.05) is 12.1 Å². The van der Waals surface area contributed by atoms with Gasteiger partial charge in [-0.1, -0.05) is 12.1 Å². The van der Waals surface area contributed by atoms with Gasteiger partial charge in [0.2, 0.25) is 0 Å². The van der Waals surface area contributed by atoms with Crippen molar-refractivity contribution in [1.82, 2.24) is 0 Å². The maximum atomic E-state index is 10.8. The van der Waals surface area contributed by atoms with E-state index in [0.29, 0.717) is 18.7 Å². The minimum atomic E-state index is -0.936. The Kier molecular flexibility index (Phi) is 4.12. The van der Waals surface area contributed by atoms with Crippen LogP contribution in [-0.4, -0.2) is 23.8 Å². The molecule has 0 aliphatic rings. The number of benzene rings is 1. The molecular formula is C11H15NO3. The van der Waals surface area contributed by atoms with Crippen LogP contribution in [0.2, 0.25) is 0 Å². The zero-order valence-electron chi connectivity index (χ0n) is 8.64. The lowest BCUT2D eigenvalue weighted by molar-refractivity contribution is -0.149. The quantitative estimate of drug-likeness (QED) is 0.717. The van der Waals surface area contributed by atoms with Gasteiger partial charge >= 0.3 is 5.97 Å². The Balaban J connectivity index is 2.65. The highest BCUT2D eigenvalue weighted by atomic mass is 16.5. The molecule has 0 aliphatic carbocycles. The lowest BCUT2D eigenvalue weighted by atomic mass is 10.1. The predicted molar refractivity (Wildman–Crippen MR) is 57.6 cm³/mol. The Hall–Kier alpha value is -1.55.